The molecule has 7 heteroatoms. The average Bonchev–Trinajstić information content (AvgIpc) is 2.95. The Morgan fingerprint density at radius 2 is 1.90 bits per heavy atom. The highest BCUT2D eigenvalue weighted by Crippen LogP contribution is 2.35. The number of hydrogen-bond acceptors (Lipinski definition) is 5. The quantitative estimate of drug-likeness (QED) is 0.446. The number of nitrogens with zero attached hydrogens (tertiary/aromatic N) is 1. The van der Waals surface area contributed by atoms with Crippen molar-refractivity contribution in [3.63, 3.8) is 0 Å². The number of ether oxygens (including phenoxy) is 2. The van der Waals surface area contributed by atoms with Gasteiger partial charge in [-0.15, -0.1) is 0 Å². The highest BCUT2D eigenvalue weighted by Gasteiger charge is 2.35. The summed E-state index contributed by atoms with van der Waals surface area (Å²) in [7, 11) is 1.57. The van der Waals surface area contributed by atoms with E-state index in [1.165, 1.54) is 4.90 Å². The fourth-order valence-electron chi connectivity index (χ4n) is 3.14. The summed E-state index contributed by atoms with van der Waals surface area (Å²) >= 11 is 4.35. The van der Waals surface area contributed by atoms with Crippen molar-refractivity contribution in [3.8, 4) is 11.5 Å². The third-order valence-corrected chi connectivity index (χ3v) is 6.12. The molecule has 30 heavy (non-hydrogen) atoms. The SMILES string of the molecule is COc1ccc(Br)cc1/C=C1\SC(=O)N(CCOc2cc(C)ccc2C(C)C)C1=O. The van der Waals surface area contributed by atoms with Gasteiger partial charge in [-0.3, -0.25) is 14.5 Å². The van der Waals surface area contributed by atoms with Crippen LogP contribution in [-0.2, 0) is 4.79 Å². The van der Waals surface area contributed by atoms with Crippen molar-refractivity contribution in [2.45, 2.75) is 26.7 Å². The Bertz CT molecular complexity index is 1000. The Balaban J connectivity index is 1.71. The molecule has 0 spiro atoms. The number of rotatable bonds is 7. The molecule has 0 saturated carbocycles. The van der Waals surface area contributed by atoms with E-state index in [-0.39, 0.29) is 24.3 Å². The van der Waals surface area contributed by atoms with Crippen molar-refractivity contribution in [2.24, 2.45) is 0 Å². The van der Waals surface area contributed by atoms with Crippen molar-refractivity contribution >= 4 is 44.9 Å². The molecular weight excluding hydrogens is 466 g/mol. The number of halogens is 1. The van der Waals surface area contributed by atoms with Gasteiger partial charge in [-0.1, -0.05) is 41.9 Å². The minimum atomic E-state index is -0.316. The third-order valence-electron chi connectivity index (χ3n) is 4.72. The Kier molecular flexibility index (Phi) is 7.26. The molecule has 158 valence electrons. The molecule has 3 rings (SSSR count). The van der Waals surface area contributed by atoms with Crippen LogP contribution in [0.4, 0.5) is 4.79 Å². The summed E-state index contributed by atoms with van der Waals surface area (Å²) in [6.07, 6.45) is 1.69. The minimum absolute atomic E-state index is 0.198. The van der Waals surface area contributed by atoms with Crippen LogP contribution in [0.1, 0.15) is 36.5 Å². The molecule has 0 N–H and O–H groups in total. The number of imide groups is 1. The van der Waals surface area contributed by atoms with Gasteiger partial charge in [-0.2, -0.15) is 0 Å². The van der Waals surface area contributed by atoms with E-state index in [1.807, 2.05) is 31.2 Å². The molecule has 2 aromatic carbocycles. The standard InChI is InChI=1S/C23H24BrNO4S/c1-14(2)18-7-5-15(3)11-20(18)29-10-9-25-22(26)21(30-23(25)27)13-16-12-17(24)6-8-19(16)28-4/h5-8,11-14H,9-10H2,1-4H3/b21-13-. The Morgan fingerprint density at radius 3 is 2.60 bits per heavy atom. The van der Waals surface area contributed by atoms with E-state index in [0.717, 1.165) is 38.7 Å². The maximum atomic E-state index is 12.8. The van der Waals surface area contributed by atoms with Crippen molar-refractivity contribution in [3.05, 3.63) is 62.5 Å². The number of aryl methyl sites for hydroxylation is 1. The van der Waals surface area contributed by atoms with Gasteiger partial charge in [0, 0.05) is 10.0 Å². The van der Waals surface area contributed by atoms with E-state index in [0.29, 0.717) is 16.6 Å². The molecule has 0 aliphatic carbocycles. The lowest BCUT2D eigenvalue weighted by Gasteiger charge is -2.17. The van der Waals surface area contributed by atoms with Crippen LogP contribution in [0.3, 0.4) is 0 Å². The van der Waals surface area contributed by atoms with E-state index in [4.69, 9.17) is 9.47 Å². The maximum absolute atomic E-state index is 12.8. The first-order valence-corrected chi connectivity index (χ1v) is 11.2. The van der Waals surface area contributed by atoms with E-state index in [9.17, 15) is 9.59 Å². The van der Waals surface area contributed by atoms with Crippen LogP contribution in [0, 0.1) is 6.92 Å². The highest BCUT2D eigenvalue weighted by molar-refractivity contribution is 9.10. The number of amides is 2. The topological polar surface area (TPSA) is 55.8 Å². The molecule has 0 radical (unpaired) electrons. The summed E-state index contributed by atoms with van der Waals surface area (Å²) in [5.41, 5.74) is 2.94. The van der Waals surface area contributed by atoms with Crippen LogP contribution in [0.15, 0.2) is 45.8 Å². The lowest BCUT2D eigenvalue weighted by atomic mass is 10.0. The smallest absolute Gasteiger partial charge is 0.293 e. The number of carbonyl (C=O) groups is 2. The summed E-state index contributed by atoms with van der Waals surface area (Å²) < 4.78 is 12.2. The van der Waals surface area contributed by atoms with Gasteiger partial charge in [-0.25, -0.2) is 0 Å². The molecule has 0 atom stereocenters. The second-order valence-corrected chi connectivity index (χ2v) is 9.17. The highest BCUT2D eigenvalue weighted by atomic mass is 79.9. The fraction of sp³-hybridized carbons (Fsp3) is 0.304. The van der Waals surface area contributed by atoms with Crippen LogP contribution in [0.2, 0.25) is 0 Å². The molecule has 1 saturated heterocycles. The first-order chi connectivity index (χ1) is 14.3. The van der Waals surface area contributed by atoms with E-state index < -0.39 is 0 Å². The third kappa shape index (κ3) is 5.08. The summed E-state index contributed by atoms with van der Waals surface area (Å²) in [5, 5.41) is -0.294. The predicted molar refractivity (Wildman–Crippen MR) is 124 cm³/mol. The van der Waals surface area contributed by atoms with Gasteiger partial charge in [0.25, 0.3) is 11.1 Å². The lowest BCUT2D eigenvalue weighted by molar-refractivity contribution is -0.123. The molecule has 1 aliphatic heterocycles. The summed E-state index contributed by atoms with van der Waals surface area (Å²) in [5.74, 6) is 1.44. The number of thioether (sulfide) groups is 1. The largest absolute Gasteiger partial charge is 0.496 e. The van der Waals surface area contributed by atoms with Gasteiger partial charge in [0.15, 0.2) is 0 Å². The second-order valence-electron chi connectivity index (χ2n) is 7.26. The Hall–Kier alpha value is -2.25. The number of methoxy groups -OCH3 is 1. The lowest BCUT2D eigenvalue weighted by Crippen LogP contribution is -2.32. The van der Waals surface area contributed by atoms with Gasteiger partial charge in [0.2, 0.25) is 0 Å². The minimum Gasteiger partial charge on any atom is -0.496 e. The molecule has 1 heterocycles. The molecular formula is C23H24BrNO4S. The molecule has 1 fully saturated rings. The first-order valence-electron chi connectivity index (χ1n) is 9.62. The predicted octanol–water partition coefficient (Wildman–Crippen LogP) is 6.00. The first kappa shape index (κ1) is 22.4. The molecule has 0 unspecified atom stereocenters. The van der Waals surface area contributed by atoms with E-state index >= 15 is 0 Å². The monoisotopic (exact) mass is 489 g/mol. The van der Waals surface area contributed by atoms with Crippen molar-refractivity contribution in [1.29, 1.82) is 0 Å². The van der Waals surface area contributed by atoms with E-state index in [1.54, 1.807) is 13.2 Å². The van der Waals surface area contributed by atoms with Gasteiger partial charge >= 0.3 is 0 Å². The molecule has 2 aromatic rings. The van der Waals surface area contributed by atoms with Crippen molar-refractivity contribution in [1.82, 2.24) is 4.90 Å². The molecule has 0 aromatic heterocycles. The normalized spacial score (nSPS) is 15.4. The van der Waals surface area contributed by atoms with Crippen LogP contribution < -0.4 is 9.47 Å². The summed E-state index contributed by atoms with van der Waals surface area (Å²) in [6.45, 7) is 6.66. The zero-order valence-corrected chi connectivity index (χ0v) is 19.8. The van der Waals surface area contributed by atoms with Crippen LogP contribution in [0.25, 0.3) is 6.08 Å². The van der Waals surface area contributed by atoms with Gasteiger partial charge in [0.1, 0.15) is 18.1 Å². The zero-order valence-electron chi connectivity index (χ0n) is 17.4. The molecule has 5 nitrogen and oxygen atoms in total. The van der Waals surface area contributed by atoms with Crippen molar-refractivity contribution in [2.75, 3.05) is 20.3 Å². The van der Waals surface area contributed by atoms with Crippen LogP contribution in [0.5, 0.6) is 11.5 Å². The second kappa shape index (κ2) is 9.71. The van der Waals surface area contributed by atoms with Gasteiger partial charge < -0.3 is 9.47 Å². The van der Waals surface area contributed by atoms with E-state index in [2.05, 4.69) is 41.9 Å². The van der Waals surface area contributed by atoms with Crippen molar-refractivity contribution < 1.29 is 19.1 Å². The number of carbonyl (C=O) groups excluding carboxylic acids is 2. The van der Waals surface area contributed by atoms with Crippen LogP contribution >= 0.6 is 27.7 Å². The molecule has 1 aliphatic rings. The van der Waals surface area contributed by atoms with Crippen LogP contribution in [-0.4, -0.2) is 36.3 Å². The fourth-order valence-corrected chi connectivity index (χ4v) is 4.38. The maximum Gasteiger partial charge on any atom is 0.293 e. The summed E-state index contributed by atoms with van der Waals surface area (Å²) in [6, 6.07) is 11.6. The molecule has 2 amide bonds. The number of benzene rings is 2. The Morgan fingerprint density at radius 1 is 1.13 bits per heavy atom. The molecule has 0 bridgehead atoms. The summed E-state index contributed by atoms with van der Waals surface area (Å²) in [4.78, 5) is 26.8. The average molecular weight is 490 g/mol. The Labute approximate surface area is 189 Å². The van der Waals surface area contributed by atoms with Gasteiger partial charge in [-0.05, 0) is 66.1 Å². The zero-order chi connectivity index (χ0) is 21.8. The van der Waals surface area contributed by atoms with Gasteiger partial charge in [0.05, 0.1) is 18.6 Å². The number of hydrogen-bond donors (Lipinski definition) is 0.